The number of pyridine rings is 1. The van der Waals surface area contributed by atoms with Gasteiger partial charge in [-0.15, -0.1) is 0 Å². The molecule has 0 aliphatic carbocycles. The second-order valence-corrected chi connectivity index (χ2v) is 13.8. The summed E-state index contributed by atoms with van der Waals surface area (Å²) >= 11 is 3.50. The summed E-state index contributed by atoms with van der Waals surface area (Å²) in [5, 5.41) is 5.62. The lowest BCUT2D eigenvalue weighted by molar-refractivity contribution is 0.0818. The molecule has 132 valence electrons. The minimum Gasteiger partial charge on any atom is -0.360 e. The lowest BCUT2D eigenvalue weighted by Crippen LogP contribution is -2.22. The number of benzene rings is 1. The van der Waals surface area contributed by atoms with Gasteiger partial charge in [0.1, 0.15) is 12.4 Å². The zero-order valence-corrected chi connectivity index (χ0v) is 17.2. The van der Waals surface area contributed by atoms with Gasteiger partial charge in [-0.2, -0.15) is 9.49 Å². The topological polar surface area (TPSA) is 39.9 Å². The molecule has 0 spiro atoms. The maximum absolute atomic E-state index is 13.5. The average molecular weight is 422 g/mol. The van der Waals surface area contributed by atoms with Gasteiger partial charge in [-0.25, -0.2) is 9.67 Å². The SMILES string of the molecule is C[Si](C)(C)CCOCn1nc(-c2ccnc(F)c2)c2cc(Br)ccc21. The summed E-state index contributed by atoms with van der Waals surface area (Å²) < 4.78 is 22.2. The molecule has 0 unspecified atom stereocenters. The van der Waals surface area contributed by atoms with Gasteiger partial charge in [-0.1, -0.05) is 35.6 Å². The molecule has 0 saturated carbocycles. The lowest BCUT2D eigenvalue weighted by atomic mass is 10.1. The van der Waals surface area contributed by atoms with Crippen LogP contribution in [0.1, 0.15) is 0 Å². The molecule has 0 aliphatic heterocycles. The van der Waals surface area contributed by atoms with E-state index in [1.807, 2.05) is 22.9 Å². The van der Waals surface area contributed by atoms with Crippen molar-refractivity contribution < 1.29 is 9.13 Å². The standard InChI is InChI=1S/C18H21BrFN3OSi/c1-25(2,3)9-8-24-12-23-16-5-4-14(19)11-15(16)18(22-23)13-6-7-21-17(20)10-13/h4-7,10-11H,8-9,12H2,1-3H3. The summed E-state index contributed by atoms with van der Waals surface area (Å²) in [4.78, 5) is 3.62. The van der Waals surface area contributed by atoms with E-state index in [1.54, 1.807) is 6.07 Å². The molecule has 1 aromatic carbocycles. The maximum atomic E-state index is 13.5. The number of ether oxygens (including phenoxy) is 1. The van der Waals surface area contributed by atoms with Crippen molar-refractivity contribution in [3.8, 4) is 11.3 Å². The third-order valence-corrected chi connectivity index (χ3v) is 6.12. The quantitative estimate of drug-likeness (QED) is 0.307. The summed E-state index contributed by atoms with van der Waals surface area (Å²) in [5.74, 6) is -0.512. The fraction of sp³-hybridized carbons (Fsp3) is 0.333. The Morgan fingerprint density at radius 1 is 1.20 bits per heavy atom. The van der Waals surface area contributed by atoms with Gasteiger partial charge < -0.3 is 4.74 Å². The van der Waals surface area contributed by atoms with Crippen molar-refractivity contribution in [3.63, 3.8) is 0 Å². The van der Waals surface area contributed by atoms with E-state index in [2.05, 4.69) is 45.7 Å². The highest BCUT2D eigenvalue weighted by Gasteiger charge is 2.15. The number of rotatable bonds is 6. The number of hydrogen-bond donors (Lipinski definition) is 0. The van der Waals surface area contributed by atoms with Gasteiger partial charge in [0.15, 0.2) is 0 Å². The van der Waals surface area contributed by atoms with Crippen LogP contribution in [-0.4, -0.2) is 29.4 Å². The number of nitrogens with zero attached hydrogens (tertiary/aromatic N) is 3. The van der Waals surface area contributed by atoms with Gasteiger partial charge in [0.25, 0.3) is 0 Å². The Hall–Kier alpha value is -1.57. The van der Waals surface area contributed by atoms with Crippen LogP contribution in [-0.2, 0) is 11.5 Å². The van der Waals surface area contributed by atoms with E-state index in [0.717, 1.165) is 33.7 Å². The maximum Gasteiger partial charge on any atom is 0.213 e. The van der Waals surface area contributed by atoms with Crippen molar-refractivity contribution >= 4 is 34.9 Å². The van der Waals surface area contributed by atoms with Gasteiger partial charge >= 0.3 is 0 Å². The predicted octanol–water partition coefficient (Wildman–Crippen LogP) is 5.31. The Balaban J connectivity index is 1.92. The first-order chi connectivity index (χ1) is 11.8. The van der Waals surface area contributed by atoms with Gasteiger partial charge in [0, 0.05) is 42.4 Å². The highest BCUT2D eigenvalue weighted by molar-refractivity contribution is 9.10. The molecular formula is C18H21BrFN3OSi. The second kappa shape index (κ2) is 7.35. The third-order valence-electron chi connectivity index (χ3n) is 3.92. The van der Waals surface area contributed by atoms with Crippen molar-refractivity contribution in [2.75, 3.05) is 6.61 Å². The van der Waals surface area contributed by atoms with E-state index in [1.165, 1.54) is 12.3 Å². The van der Waals surface area contributed by atoms with E-state index < -0.39 is 14.0 Å². The van der Waals surface area contributed by atoms with E-state index in [9.17, 15) is 4.39 Å². The summed E-state index contributed by atoms with van der Waals surface area (Å²) in [6.07, 6.45) is 1.46. The van der Waals surface area contributed by atoms with E-state index in [0.29, 0.717) is 12.3 Å². The van der Waals surface area contributed by atoms with Crippen molar-refractivity contribution in [2.24, 2.45) is 0 Å². The Kier molecular flexibility index (Phi) is 5.36. The van der Waals surface area contributed by atoms with Crippen molar-refractivity contribution in [1.29, 1.82) is 0 Å². The van der Waals surface area contributed by atoms with Crippen LogP contribution in [0.15, 0.2) is 41.0 Å². The first kappa shape index (κ1) is 18.2. The fourth-order valence-corrected chi connectivity index (χ4v) is 3.66. The molecular weight excluding hydrogens is 401 g/mol. The number of hydrogen-bond acceptors (Lipinski definition) is 3. The molecule has 0 saturated heterocycles. The zero-order chi connectivity index (χ0) is 18.0. The van der Waals surface area contributed by atoms with Crippen LogP contribution < -0.4 is 0 Å². The summed E-state index contributed by atoms with van der Waals surface area (Å²) in [6, 6.07) is 10.2. The van der Waals surface area contributed by atoms with Gasteiger partial charge in [-0.05, 0) is 30.3 Å². The fourth-order valence-electron chi connectivity index (χ4n) is 2.54. The monoisotopic (exact) mass is 421 g/mol. The molecule has 7 heteroatoms. The first-order valence-corrected chi connectivity index (χ1v) is 12.7. The van der Waals surface area contributed by atoms with Crippen molar-refractivity contribution in [1.82, 2.24) is 14.8 Å². The largest absolute Gasteiger partial charge is 0.360 e. The summed E-state index contributed by atoms with van der Waals surface area (Å²) in [5.41, 5.74) is 2.39. The van der Waals surface area contributed by atoms with Crippen LogP contribution in [0.5, 0.6) is 0 Å². The molecule has 0 N–H and O–H groups in total. The molecule has 0 atom stereocenters. The molecule has 0 radical (unpaired) electrons. The number of fused-ring (bicyclic) bond motifs is 1. The Bertz CT molecular complexity index is 892. The molecule has 0 fully saturated rings. The molecule has 0 aliphatic rings. The van der Waals surface area contributed by atoms with Crippen molar-refractivity contribution in [3.05, 3.63) is 46.9 Å². The number of aromatic nitrogens is 3. The van der Waals surface area contributed by atoms with E-state index >= 15 is 0 Å². The normalized spacial score (nSPS) is 12.0. The van der Waals surface area contributed by atoms with Crippen molar-refractivity contribution in [2.45, 2.75) is 32.4 Å². The highest BCUT2D eigenvalue weighted by atomic mass is 79.9. The molecule has 3 rings (SSSR count). The zero-order valence-electron chi connectivity index (χ0n) is 14.6. The minimum atomic E-state index is -1.12. The van der Waals surface area contributed by atoms with Crippen LogP contribution in [0.2, 0.25) is 25.7 Å². The molecule has 25 heavy (non-hydrogen) atoms. The Morgan fingerprint density at radius 2 is 2.00 bits per heavy atom. The van der Waals surface area contributed by atoms with Gasteiger partial charge in [0.05, 0.1) is 5.52 Å². The second-order valence-electron chi connectivity index (χ2n) is 7.22. The smallest absolute Gasteiger partial charge is 0.213 e. The summed E-state index contributed by atoms with van der Waals surface area (Å²) in [6.45, 7) is 8.09. The van der Waals surface area contributed by atoms with Crippen LogP contribution in [0, 0.1) is 5.95 Å². The van der Waals surface area contributed by atoms with Crippen LogP contribution in [0.3, 0.4) is 0 Å². The number of halogens is 2. The highest BCUT2D eigenvalue weighted by Crippen LogP contribution is 2.30. The molecule has 2 heterocycles. The average Bonchev–Trinajstić information content (AvgIpc) is 2.88. The van der Waals surface area contributed by atoms with Crippen LogP contribution >= 0.6 is 15.9 Å². The lowest BCUT2D eigenvalue weighted by Gasteiger charge is -2.15. The van der Waals surface area contributed by atoms with E-state index in [-0.39, 0.29) is 0 Å². The van der Waals surface area contributed by atoms with E-state index in [4.69, 9.17) is 4.74 Å². The van der Waals surface area contributed by atoms with Crippen LogP contribution in [0.25, 0.3) is 22.2 Å². The molecule has 0 amide bonds. The molecule has 3 aromatic rings. The summed E-state index contributed by atoms with van der Waals surface area (Å²) in [7, 11) is -1.12. The molecule has 0 bridgehead atoms. The van der Waals surface area contributed by atoms with Crippen LogP contribution in [0.4, 0.5) is 4.39 Å². The van der Waals surface area contributed by atoms with Gasteiger partial charge in [0.2, 0.25) is 5.95 Å². The first-order valence-electron chi connectivity index (χ1n) is 8.19. The molecule has 4 nitrogen and oxygen atoms in total. The Morgan fingerprint density at radius 3 is 2.72 bits per heavy atom. The Labute approximate surface area is 156 Å². The third kappa shape index (κ3) is 4.53. The predicted molar refractivity (Wildman–Crippen MR) is 105 cm³/mol. The minimum absolute atomic E-state index is 0.385. The molecule has 2 aromatic heterocycles. The van der Waals surface area contributed by atoms with Gasteiger partial charge in [-0.3, -0.25) is 0 Å².